The fourth-order valence-corrected chi connectivity index (χ4v) is 3.66. The quantitative estimate of drug-likeness (QED) is 0.602. The van der Waals surface area contributed by atoms with Crippen LogP contribution >= 0.6 is 11.3 Å². The molecular formula is C19H16N4OS. The highest BCUT2D eigenvalue weighted by Gasteiger charge is 2.09. The molecule has 0 aliphatic heterocycles. The first-order valence-corrected chi connectivity index (χ1v) is 8.68. The molecule has 0 fully saturated rings. The van der Waals surface area contributed by atoms with Crippen molar-refractivity contribution < 1.29 is 4.79 Å². The van der Waals surface area contributed by atoms with Gasteiger partial charge in [-0.05, 0) is 48.9 Å². The van der Waals surface area contributed by atoms with E-state index in [0.717, 1.165) is 21.8 Å². The molecule has 2 aromatic carbocycles. The molecule has 0 spiro atoms. The van der Waals surface area contributed by atoms with Gasteiger partial charge in [0.25, 0.3) is 5.91 Å². The molecule has 0 bridgehead atoms. The number of anilines is 1. The maximum Gasteiger partial charge on any atom is 0.258 e. The number of aromatic nitrogens is 3. The van der Waals surface area contributed by atoms with Gasteiger partial charge in [0.1, 0.15) is 5.01 Å². The van der Waals surface area contributed by atoms with E-state index in [4.69, 9.17) is 0 Å². The second-order valence-corrected chi connectivity index (χ2v) is 6.96. The van der Waals surface area contributed by atoms with Gasteiger partial charge in [0, 0.05) is 24.5 Å². The third kappa shape index (κ3) is 3.16. The lowest BCUT2D eigenvalue weighted by atomic mass is 10.2. The largest absolute Gasteiger partial charge is 0.322 e. The molecule has 5 nitrogen and oxygen atoms in total. The molecule has 0 aliphatic rings. The van der Waals surface area contributed by atoms with Gasteiger partial charge in [-0.15, -0.1) is 11.3 Å². The van der Waals surface area contributed by atoms with E-state index in [1.807, 2.05) is 30.3 Å². The molecule has 0 unspecified atom stereocenters. The normalized spacial score (nSPS) is 11.0. The predicted octanol–water partition coefficient (Wildman–Crippen LogP) is 4.26. The Morgan fingerprint density at radius 3 is 2.68 bits per heavy atom. The highest BCUT2D eigenvalue weighted by atomic mass is 32.1. The molecule has 0 radical (unpaired) electrons. The van der Waals surface area contributed by atoms with Crippen LogP contribution in [0.15, 0.2) is 54.9 Å². The Morgan fingerprint density at radius 1 is 1.16 bits per heavy atom. The third-order valence-corrected chi connectivity index (χ3v) is 4.97. The summed E-state index contributed by atoms with van der Waals surface area (Å²) in [5.74, 6) is -0.170. The van der Waals surface area contributed by atoms with Gasteiger partial charge in [0.05, 0.1) is 22.0 Å². The molecule has 0 saturated heterocycles. The second kappa shape index (κ2) is 6.14. The molecule has 0 saturated carbocycles. The summed E-state index contributed by atoms with van der Waals surface area (Å²) in [5, 5.41) is 7.86. The van der Waals surface area contributed by atoms with Crippen molar-refractivity contribution in [1.82, 2.24) is 14.8 Å². The number of carbonyl (C=O) groups excluding carboxylic acids is 1. The Hall–Kier alpha value is -2.99. The molecule has 1 N–H and O–H groups in total. The fourth-order valence-electron chi connectivity index (χ4n) is 2.59. The van der Waals surface area contributed by atoms with Crippen molar-refractivity contribution in [3.63, 3.8) is 0 Å². The topological polar surface area (TPSA) is 59.8 Å². The molecule has 6 heteroatoms. The standard InChI is InChI=1S/C19H16N4OS/c1-12-3-8-16-17(9-12)25-19(22-16)13-4-6-15(7-5-13)21-18(24)14-10-20-23(2)11-14/h3-11H,1-2H3,(H,21,24). The van der Waals surface area contributed by atoms with Crippen LogP contribution in [0.1, 0.15) is 15.9 Å². The predicted molar refractivity (Wildman–Crippen MR) is 101 cm³/mol. The summed E-state index contributed by atoms with van der Waals surface area (Å²) in [6.07, 6.45) is 3.24. The summed E-state index contributed by atoms with van der Waals surface area (Å²) >= 11 is 1.67. The fraction of sp³-hybridized carbons (Fsp3) is 0.105. The first-order valence-electron chi connectivity index (χ1n) is 7.86. The summed E-state index contributed by atoms with van der Waals surface area (Å²) in [5.41, 5.74) is 4.57. The SMILES string of the molecule is Cc1ccc2nc(-c3ccc(NC(=O)c4cnn(C)c4)cc3)sc2c1. The Bertz CT molecular complexity index is 1060. The molecular weight excluding hydrogens is 332 g/mol. The minimum atomic E-state index is -0.170. The minimum absolute atomic E-state index is 0.170. The molecule has 124 valence electrons. The summed E-state index contributed by atoms with van der Waals surface area (Å²) in [6.45, 7) is 2.08. The molecule has 2 aromatic heterocycles. The van der Waals surface area contributed by atoms with Crippen molar-refractivity contribution in [2.45, 2.75) is 6.92 Å². The van der Waals surface area contributed by atoms with Crippen LogP contribution in [0.25, 0.3) is 20.8 Å². The summed E-state index contributed by atoms with van der Waals surface area (Å²) in [4.78, 5) is 16.8. The number of thiazole rings is 1. The maximum atomic E-state index is 12.2. The summed E-state index contributed by atoms with van der Waals surface area (Å²) in [6, 6.07) is 14.0. The number of benzene rings is 2. The summed E-state index contributed by atoms with van der Waals surface area (Å²) < 4.78 is 2.79. The van der Waals surface area contributed by atoms with Gasteiger partial charge in [-0.2, -0.15) is 5.10 Å². The first kappa shape index (κ1) is 15.5. The smallest absolute Gasteiger partial charge is 0.258 e. The second-order valence-electron chi connectivity index (χ2n) is 5.92. The molecule has 0 aliphatic carbocycles. The van der Waals surface area contributed by atoms with Crippen LogP contribution in [0, 0.1) is 6.92 Å². The highest BCUT2D eigenvalue weighted by Crippen LogP contribution is 2.31. The Morgan fingerprint density at radius 2 is 1.96 bits per heavy atom. The van der Waals surface area contributed by atoms with Crippen LogP contribution in [0.3, 0.4) is 0 Å². The molecule has 1 amide bonds. The average Bonchev–Trinajstić information content (AvgIpc) is 3.21. The van der Waals surface area contributed by atoms with Crippen LogP contribution in [0.5, 0.6) is 0 Å². The van der Waals surface area contributed by atoms with E-state index >= 15 is 0 Å². The van der Waals surface area contributed by atoms with Crippen molar-refractivity contribution in [2.75, 3.05) is 5.32 Å². The zero-order valence-corrected chi connectivity index (χ0v) is 14.7. The Balaban J connectivity index is 1.55. The highest BCUT2D eigenvalue weighted by molar-refractivity contribution is 7.21. The minimum Gasteiger partial charge on any atom is -0.322 e. The average molecular weight is 348 g/mol. The van der Waals surface area contributed by atoms with E-state index < -0.39 is 0 Å². The van der Waals surface area contributed by atoms with Gasteiger partial charge >= 0.3 is 0 Å². The molecule has 0 atom stereocenters. The van der Waals surface area contributed by atoms with Gasteiger partial charge in [-0.3, -0.25) is 9.48 Å². The number of nitrogens with one attached hydrogen (secondary N) is 1. The van der Waals surface area contributed by atoms with Crippen LogP contribution < -0.4 is 5.32 Å². The van der Waals surface area contributed by atoms with E-state index in [1.54, 1.807) is 35.5 Å². The van der Waals surface area contributed by atoms with Crippen molar-refractivity contribution in [1.29, 1.82) is 0 Å². The van der Waals surface area contributed by atoms with E-state index in [-0.39, 0.29) is 5.91 Å². The number of amides is 1. The van der Waals surface area contributed by atoms with Crippen LogP contribution in [0.2, 0.25) is 0 Å². The zero-order valence-electron chi connectivity index (χ0n) is 13.9. The number of aryl methyl sites for hydroxylation is 2. The number of hydrogen-bond acceptors (Lipinski definition) is 4. The molecule has 4 rings (SSSR count). The van der Waals surface area contributed by atoms with Gasteiger partial charge < -0.3 is 5.32 Å². The lowest BCUT2D eigenvalue weighted by Crippen LogP contribution is -2.10. The first-order chi connectivity index (χ1) is 12.1. The van der Waals surface area contributed by atoms with Crippen molar-refractivity contribution in [3.8, 4) is 10.6 Å². The Kier molecular flexibility index (Phi) is 3.82. The molecule has 4 aromatic rings. The van der Waals surface area contributed by atoms with Crippen molar-refractivity contribution >= 4 is 33.1 Å². The van der Waals surface area contributed by atoms with Crippen molar-refractivity contribution in [3.05, 3.63) is 66.0 Å². The van der Waals surface area contributed by atoms with Gasteiger partial charge in [-0.1, -0.05) is 6.07 Å². The number of rotatable bonds is 3. The van der Waals surface area contributed by atoms with E-state index in [9.17, 15) is 4.79 Å². The molecule has 2 heterocycles. The van der Waals surface area contributed by atoms with Gasteiger partial charge in [-0.25, -0.2) is 4.98 Å². The maximum absolute atomic E-state index is 12.2. The Labute approximate surface area is 149 Å². The van der Waals surface area contributed by atoms with Crippen LogP contribution in [-0.2, 0) is 7.05 Å². The van der Waals surface area contributed by atoms with E-state index in [0.29, 0.717) is 5.56 Å². The number of hydrogen-bond donors (Lipinski definition) is 1. The van der Waals surface area contributed by atoms with Gasteiger partial charge in [0.2, 0.25) is 0 Å². The summed E-state index contributed by atoms with van der Waals surface area (Å²) in [7, 11) is 1.78. The number of nitrogens with zero attached hydrogens (tertiary/aromatic N) is 3. The number of carbonyl (C=O) groups is 1. The monoisotopic (exact) mass is 348 g/mol. The van der Waals surface area contributed by atoms with Crippen LogP contribution in [-0.4, -0.2) is 20.7 Å². The lowest BCUT2D eigenvalue weighted by molar-refractivity contribution is 0.102. The van der Waals surface area contributed by atoms with Gasteiger partial charge in [0.15, 0.2) is 0 Å². The van der Waals surface area contributed by atoms with E-state index in [1.165, 1.54) is 10.3 Å². The van der Waals surface area contributed by atoms with Crippen molar-refractivity contribution in [2.24, 2.45) is 7.05 Å². The lowest BCUT2D eigenvalue weighted by Gasteiger charge is -2.04. The third-order valence-electron chi connectivity index (χ3n) is 3.90. The van der Waals surface area contributed by atoms with E-state index in [2.05, 4.69) is 34.5 Å². The molecule has 25 heavy (non-hydrogen) atoms. The van der Waals surface area contributed by atoms with Crippen LogP contribution in [0.4, 0.5) is 5.69 Å². The zero-order chi connectivity index (χ0) is 17.4. The number of fused-ring (bicyclic) bond motifs is 1.